The van der Waals surface area contributed by atoms with Gasteiger partial charge < -0.3 is 15.2 Å². The molecule has 218 valence electrons. The highest BCUT2D eigenvalue weighted by Gasteiger charge is 2.26. The number of sulfonamides is 1. The maximum atomic E-state index is 12.9. The van der Waals surface area contributed by atoms with Gasteiger partial charge in [-0.3, -0.25) is 4.90 Å². The van der Waals surface area contributed by atoms with E-state index in [-0.39, 0.29) is 17.0 Å². The molecule has 11 nitrogen and oxygen atoms in total. The number of aliphatic hydroxyl groups excluding tert-OH is 1. The molecule has 12 heteroatoms. The van der Waals surface area contributed by atoms with E-state index >= 15 is 0 Å². The quantitative estimate of drug-likeness (QED) is 0.280. The summed E-state index contributed by atoms with van der Waals surface area (Å²) < 4.78 is 35.9. The molecule has 0 spiro atoms. The molecule has 3 N–H and O–H groups in total. The van der Waals surface area contributed by atoms with Gasteiger partial charge >= 0.3 is 0 Å². The minimum atomic E-state index is -3.61. The van der Waals surface area contributed by atoms with Gasteiger partial charge in [0.25, 0.3) is 0 Å². The number of hydrogen-bond donors (Lipinski definition) is 3. The average Bonchev–Trinajstić information content (AvgIpc) is 3.35. The number of nitrogens with one attached hydrogen (secondary N) is 2. The fourth-order valence-electron chi connectivity index (χ4n) is 5.37. The molecule has 0 radical (unpaired) electrons. The molecular formula is C28H41N7O4S. The fraction of sp³-hybridized carbons (Fsp3) is 0.607. The highest BCUT2D eigenvalue weighted by Crippen LogP contribution is 2.34. The van der Waals surface area contributed by atoms with Crippen LogP contribution in [0.15, 0.2) is 35.4 Å². The molecule has 1 saturated carbocycles. The van der Waals surface area contributed by atoms with Crippen molar-refractivity contribution in [2.45, 2.75) is 68.9 Å². The SMILES string of the molecule is CCCCNc1ncc2c(-c3ccc(S(=O)(=O)NCCCN4CCOCC4)cc3)nn([C@H]3CC[C@H](O)CC3)c2n1. The van der Waals surface area contributed by atoms with Crippen LogP contribution in [0.5, 0.6) is 0 Å². The molecule has 2 fully saturated rings. The zero-order valence-corrected chi connectivity index (χ0v) is 24.1. The van der Waals surface area contributed by atoms with Gasteiger partial charge in [0.1, 0.15) is 5.69 Å². The molecule has 3 heterocycles. The largest absolute Gasteiger partial charge is 0.393 e. The molecule has 0 amide bonds. The summed E-state index contributed by atoms with van der Waals surface area (Å²) in [4.78, 5) is 11.9. The van der Waals surface area contributed by atoms with Crippen LogP contribution in [0.3, 0.4) is 0 Å². The van der Waals surface area contributed by atoms with E-state index in [1.165, 1.54) is 0 Å². The van der Waals surface area contributed by atoms with Gasteiger partial charge in [-0.1, -0.05) is 25.5 Å². The van der Waals surface area contributed by atoms with Crippen LogP contribution < -0.4 is 10.0 Å². The Morgan fingerprint density at radius 3 is 2.52 bits per heavy atom. The predicted molar refractivity (Wildman–Crippen MR) is 155 cm³/mol. The highest BCUT2D eigenvalue weighted by atomic mass is 32.2. The summed E-state index contributed by atoms with van der Waals surface area (Å²) >= 11 is 0. The Morgan fingerprint density at radius 1 is 1.05 bits per heavy atom. The summed E-state index contributed by atoms with van der Waals surface area (Å²) in [6.07, 6.45) is 7.52. The van der Waals surface area contributed by atoms with Crippen LogP contribution in [0.25, 0.3) is 22.3 Å². The number of rotatable bonds is 12. The monoisotopic (exact) mass is 571 g/mol. The predicted octanol–water partition coefficient (Wildman–Crippen LogP) is 3.18. The van der Waals surface area contributed by atoms with Crippen molar-refractivity contribution in [1.82, 2.24) is 29.4 Å². The average molecular weight is 572 g/mol. The lowest BCUT2D eigenvalue weighted by Crippen LogP contribution is -2.38. The molecule has 1 aliphatic carbocycles. The zero-order chi connectivity index (χ0) is 28.0. The van der Waals surface area contributed by atoms with Crippen LogP contribution in [0.2, 0.25) is 0 Å². The number of hydrogen-bond acceptors (Lipinski definition) is 9. The van der Waals surface area contributed by atoms with Gasteiger partial charge in [-0.05, 0) is 57.2 Å². The van der Waals surface area contributed by atoms with Gasteiger partial charge in [-0.2, -0.15) is 10.1 Å². The lowest BCUT2D eigenvalue weighted by atomic mass is 9.93. The van der Waals surface area contributed by atoms with E-state index in [0.717, 1.165) is 107 Å². The first-order valence-electron chi connectivity index (χ1n) is 14.5. The number of anilines is 1. The Balaban J connectivity index is 1.33. The second-order valence-electron chi connectivity index (χ2n) is 10.7. The molecule has 2 aliphatic rings. The van der Waals surface area contributed by atoms with Gasteiger partial charge in [-0.25, -0.2) is 22.8 Å². The minimum Gasteiger partial charge on any atom is -0.393 e. The van der Waals surface area contributed by atoms with Crippen molar-refractivity contribution in [1.29, 1.82) is 0 Å². The van der Waals surface area contributed by atoms with Gasteiger partial charge in [0, 0.05) is 37.9 Å². The lowest BCUT2D eigenvalue weighted by Gasteiger charge is -2.26. The van der Waals surface area contributed by atoms with Crippen molar-refractivity contribution in [3.05, 3.63) is 30.5 Å². The Hall–Kier alpha value is -2.64. The number of fused-ring (bicyclic) bond motifs is 1. The van der Waals surface area contributed by atoms with Crippen LogP contribution in [0, 0.1) is 0 Å². The van der Waals surface area contributed by atoms with E-state index in [0.29, 0.717) is 12.5 Å². The second kappa shape index (κ2) is 13.3. The van der Waals surface area contributed by atoms with E-state index in [1.807, 2.05) is 4.68 Å². The summed E-state index contributed by atoms with van der Waals surface area (Å²) in [6.45, 7) is 7.43. The molecule has 1 saturated heterocycles. The summed E-state index contributed by atoms with van der Waals surface area (Å²) in [6, 6.07) is 6.99. The Bertz CT molecular complexity index is 1350. The van der Waals surface area contributed by atoms with Gasteiger partial charge in [0.2, 0.25) is 16.0 Å². The van der Waals surface area contributed by atoms with Crippen LogP contribution >= 0.6 is 0 Å². The number of benzene rings is 1. The van der Waals surface area contributed by atoms with Crippen LogP contribution in [0.1, 0.15) is 57.9 Å². The van der Waals surface area contributed by atoms with E-state index in [4.69, 9.17) is 14.8 Å². The normalized spacial score (nSPS) is 20.6. The molecule has 3 aromatic rings. The van der Waals surface area contributed by atoms with Crippen molar-refractivity contribution in [2.24, 2.45) is 0 Å². The molecule has 2 aromatic heterocycles. The Labute approximate surface area is 236 Å². The standard InChI is InChI=1S/C28H41N7O4S/c1-2-3-13-29-28-30-20-25-26(33-35(27(25)32-28)22-7-9-23(36)10-8-22)21-5-11-24(12-6-21)40(37,38)31-14-4-15-34-16-18-39-19-17-34/h5-6,11-12,20,22-23,31,36H,2-4,7-10,13-19H2,1H3,(H,29,30,32)/t22-,23-. The lowest BCUT2D eigenvalue weighted by molar-refractivity contribution is 0.0376. The Kier molecular flexibility index (Phi) is 9.63. The second-order valence-corrected chi connectivity index (χ2v) is 12.5. The van der Waals surface area contributed by atoms with E-state index in [2.05, 4.69) is 26.8 Å². The maximum absolute atomic E-state index is 12.9. The summed E-state index contributed by atoms with van der Waals surface area (Å²) in [5, 5.41) is 19.1. The third kappa shape index (κ3) is 6.98. The number of aliphatic hydroxyl groups is 1. The first kappa shape index (κ1) is 28.9. The molecular weight excluding hydrogens is 530 g/mol. The first-order chi connectivity index (χ1) is 19.4. The molecule has 0 bridgehead atoms. The van der Waals surface area contributed by atoms with Crippen molar-refractivity contribution in [3.63, 3.8) is 0 Å². The summed E-state index contributed by atoms with van der Waals surface area (Å²) in [5.41, 5.74) is 2.29. The van der Waals surface area contributed by atoms with Crippen LogP contribution in [-0.4, -0.2) is 90.2 Å². The van der Waals surface area contributed by atoms with E-state index in [1.54, 1.807) is 30.5 Å². The van der Waals surface area contributed by atoms with Crippen molar-refractivity contribution >= 4 is 27.0 Å². The third-order valence-corrected chi connectivity index (χ3v) is 9.24. The first-order valence-corrected chi connectivity index (χ1v) is 16.0. The Morgan fingerprint density at radius 2 is 1.80 bits per heavy atom. The minimum absolute atomic E-state index is 0.138. The van der Waals surface area contributed by atoms with Crippen molar-refractivity contribution < 1.29 is 18.3 Å². The van der Waals surface area contributed by atoms with Crippen LogP contribution in [-0.2, 0) is 14.8 Å². The number of ether oxygens (including phenoxy) is 1. The van der Waals surface area contributed by atoms with Crippen molar-refractivity contribution in [2.75, 3.05) is 51.3 Å². The maximum Gasteiger partial charge on any atom is 0.240 e. The summed E-state index contributed by atoms with van der Waals surface area (Å²) in [7, 11) is -3.61. The number of aromatic nitrogens is 4. The molecule has 1 aromatic carbocycles. The molecule has 0 unspecified atom stereocenters. The van der Waals surface area contributed by atoms with Crippen LogP contribution in [0.4, 0.5) is 5.95 Å². The fourth-order valence-corrected chi connectivity index (χ4v) is 6.44. The molecule has 0 atom stereocenters. The molecule has 40 heavy (non-hydrogen) atoms. The summed E-state index contributed by atoms with van der Waals surface area (Å²) in [5.74, 6) is 0.575. The highest BCUT2D eigenvalue weighted by molar-refractivity contribution is 7.89. The van der Waals surface area contributed by atoms with E-state index < -0.39 is 10.0 Å². The molecule has 1 aliphatic heterocycles. The van der Waals surface area contributed by atoms with Crippen molar-refractivity contribution in [3.8, 4) is 11.3 Å². The van der Waals surface area contributed by atoms with Gasteiger partial charge in [0.15, 0.2) is 5.65 Å². The number of morpholine rings is 1. The molecule has 5 rings (SSSR count). The van der Waals surface area contributed by atoms with Gasteiger partial charge in [-0.15, -0.1) is 0 Å². The zero-order valence-electron chi connectivity index (χ0n) is 23.3. The van der Waals surface area contributed by atoms with Gasteiger partial charge in [0.05, 0.1) is 35.6 Å². The number of unbranched alkanes of at least 4 members (excludes halogenated alkanes) is 1. The third-order valence-electron chi connectivity index (χ3n) is 7.76. The van der Waals surface area contributed by atoms with E-state index in [9.17, 15) is 13.5 Å². The number of nitrogens with zero attached hydrogens (tertiary/aromatic N) is 5. The topological polar surface area (TPSA) is 134 Å². The smallest absolute Gasteiger partial charge is 0.240 e.